The number of aldehydes is 1. The van der Waals surface area contributed by atoms with Crippen molar-refractivity contribution < 1.29 is 9.90 Å². The molecule has 20 heavy (non-hydrogen) atoms. The number of carbonyl (C=O) groups is 1. The van der Waals surface area contributed by atoms with Gasteiger partial charge in [-0.15, -0.1) is 0 Å². The Hall–Kier alpha value is -2.00. The molecule has 0 saturated heterocycles. The maximum absolute atomic E-state index is 11.6. The van der Waals surface area contributed by atoms with E-state index in [2.05, 4.69) is 0 Å². The number of rotatable bonds is 2. The van der Waals surface area contributed by atoms with Crippen LogP contribution in [0.25, 0.3) is 0 Å². The highest BCUT2D eigenvalue weighted by Crippen LogP contribution is 2.37. The van der Waals surface area contributed by atoms with Crippen LogP contribution in [0.5, 0.6) is 5.75 Å². The molecule has 0 aromatic heterocycles. The van der Waals surface area contributed by atoms with Crippen LogP contribution in [-0.4, -0.2) is 17.9 Å². The molecule has 0 saturated carbocycles. The largest absolute Gasteiger partial charge is 0.508 e. The van der Waals surface area contributed by atoms with E-state index in [0.717, 1.165) is 29.5 Å². The Morgan fingerprint density at radius 1 is 1.25 bits per heavy atom. The zero-order valence-corrected chi connectivity index (χ0v) is 11.5. The molecule has 2 aromatic carbocycles. The summed E-state index contributed by atoms with van der Waals surface area (Å²) < 4.78 is 0. The summed E-state index contributed by atoms with van der Waals surface area (Å²) in [5.41, 5.74) is 2.82. The summed E-state index contributed by atoms with van der Waals surface area (Å²) in [6, 6.07) is 12.3. The maximum Gasteiger partial charge on any atom is 0.146 e. The molecule has 1 heterocycles. The van der Waals surface area contributed by atoms with Crippen LogP contribution in [0.2, 0.25) is 5.02 Å². The van der Waals surface area contributed by atoms with Gasteiger partial charge in [0, 0.05) is 6.54 Å². The van der Waals surface area contributed by atoms with Crippen molar-refractivity contribution >= 4 is 23.6 Å². The lowest BCUT2D eigenvalue weighted by molar-refractivity contribution is -0.109. The number of benzene rings is 2. The number of hydrogen-bond donors (Lipinski definition) is 1. The summed E-state index contributed by atoms with van der Waals surface area (Å²) >= 11 is 6.23. The van der Waals surface area contributed by atoms with Crippen LogP contribution in [0.1, 0.15) is 17.2 Å². The third-order valence-corrected chi connectivity index (χ3v) is 4.01. The SMILES string of the molecule is O=CC1c2ccc(O)cc2CCN1c1ccccc1Cl. The topological polar surface area (TPSA) is 40.5 Å². The monoisotopic (exact) mass is 287 g/mol. The number of phenols is 1. The van der Waals surface area contributed by atoms with Crippen molar-refractivity contribution in [2.75, 3.05) is 11.4 Å². The van der Waals surface area contributed by atoms with E-state index in [4.69, 9.17) is 11.6 Å². The molecule has 0 aliphatic carbocycles. The van der Waals surface area contributed by atoms with Crippen LogP contribution in [0, 0.1) is 0 Å². The summed E-state index contributed by atoms with van der Waals surface area (Å²) in [6.07, 6.45) is 1.71. The van der Waals surface area contributed by atoms with Gasteiger partial charge in [0.05, 0.1) is 10.7 Å². The van der Waals surface area contributed by atoms with E-state index < -0.39 is 0 Å². The fraction of sp³-hybridized carbons (Fsp3) is 0.188. The first-order valence-electron chi connectivity index (χ1n) is 6.49. The second-order valence-electron chi connectivity index (χ2n) is 4.86. The van der Waals surface area contributed by atoms with Gasteiger partial charge >= 0.3 is 0 Å². The van der Waals surface area contributed by atoms with Crippen LogP contribution in [0.15, 0.2) is 42.5 Å². The maximum atomic E-state index is 11.6. The van der Waals surface area contributed by atoms with E-state index in [9.17, 15) is 9.90 Å². The first-order chi connectivity index (χ1) is 9.70. The second-order valence-corrected chi connectivity index (χ2v) is 5.27. The van der Waals surface area contributed by atoms with Gasteiger partial charge in [0.15, 0.2) is 0 Å². The number of anilines is 1. The summed E-state index contributed by atoms with van der Waals surface area (Å²) in [4.78, 5) is 13.6. The molecule has 1 aliphatic rings. The number of para-hydroxylation sites is 1. The molecule has 0 radical (unpaired) electrons. The van der Waals surface area contributed by atoms with Crippen molar-refractivity contribution in [3.05, 3.63) is 58.6 Å². The third kappa shape index (κ3) is 2.14. The van der Waals surface area contributed by atoms with Gasteiger partial charge in [0.1, 0.15) is 18.1 Å². The minimum atomic E-state index is -0.362. The number of fused-ring (bicyclic) bond motifs is 1. The fourth-order valence-electron chi connectivity index (χ4n) is 2.75. The molecule has 2 aromatic rings. The van der Waals surface area contributed by atoms with Crippen molar-refractivity contribution in [2.24, 2.45) is 0 Å². The molecular formula is C16H14ClNO2. The van der Waals surface area contributed by atoms with E-state index in [1.807, 2.05) is 35.2 Å². The molecule has 0 spiro atoms. The molecule has 0 amide bonds. The van der Waals surface area contributed by atoms with E-state index in [1.165, 1.54) is 0 Å². The summed E-state index contributed by atoms with van der Waals surface area (Å²) in [5, 5.41) is 10.2. The highest BCUT2D eigenvalue weighted by atomic mass is 35.5. The highest BCUT2D eigenvalue weighted by Gasteiger charge is 2.28. The summed E-state index contributed by atoms with van der Waals surface area (Å²) in [7, 11) is 0. The standard InChI is InChI=1S/C16H14ClNO2/c17-14-3-1-2-4-15(14)18-8-7-11-9-12(20)5-6-13(11)16(18)10-19/h1-6,9-10,16,20H,7-8H2. The molecular weight excluding hydrogens is 274 g/mol. The molecule has 1 atom stereocenters. The van der Waals surface area contributed by atoms with E-state index in [1.54, 1.807) is 12.1 Å². The third-order valence-electron chi connectivity index (χ3n) is 3.69. The first kappa shape index (κ1) is 13.0. The lowest BCUT2D eigenvalue weighted by Gasteiger charge is -2.36. The van der Waals surface area contributed by atoms with Gasteiger partial charge in [0.2, 0.25) is 0 Å². The number of carbonyl (C=O) groups excluding carboxylic acids is 1. The van der Waals surface area contributed by atoms with Gasteiger partial charge in [-0.1, -0.05) is 29.8 Å². The average Bonchev–Trinajstić information content (AvgIpc) is 2.46. The number of aromatic hydroxyl groups is 1. The van der Waals surface area contributed by atoms with Crippen LogP contribution in [0.3, 0.4) is 0 Å². The van der Waals surface area contributed by atoms with Gasteiger partial charge < -0.3 is 14.8 Å². The average molecular weight is 288 g/mol. The van der Waals surface area contributed by atoms with Gasteiger partial charge in [-0.25, -0.2) is 0 Å². The lowest BCUT2D eigenvalue weighted by atomic mass is 9.92. The zero-order chi connectivity index (χ0) is 14.1. The fourth-order valence-corrected chi connectivity index (χ4v) is 2.99. The summed E-state index contributed by atoms with van der Waals surface area (Å²) in [5.74, 6) is 0.236. The first-order valence-corrected chi connectivity index (χ1v) is 6.87. The highest BCUT2D eigenvalue weighted by molar-refractivity contribution is 6.33. The van der Waals surface area contributed by atoms with Crippen molar-refractivity contribution in [3.63, 3.8) is 0 Å². The van der Waals surface area contributed by atoms with Crippen molar-refractivity contribution in [3.8, 4) is 5.75 Å². The van der Waals surface area contributed by atoms with Crippen LogP contribution < -0.4 is 4.90 Å². The molecule has 102 valence electrons. The van der Waals surface area contributed by atoms with Gasteiger partial charge in [-0.2, -0.15) is 0 Å². The zero-order valence-electron chi connectivity index (χ0n) is 10.8. The van der Waals surface area contributed by atoms with E-state index in [0.29, 0.717) is 11.6 Å². The van der Waals surface area contributed by atoms with Crippen molar-refractivity contribution in [1.82, 2.24) is 0 Å². The Labute approximate surface area is 122 Å². The predicted molar refractivity (Wildman–Crippen MR) is 79.4 cm³/mol. The molecule has 4 heteroatoms. The Morgan fingerprint density at radius 2 is 2.05 bits per heavy atom. The van der Waals surface area contributed by atoms with Crippen LogP contribution in [0.4, 0.5) is 5.69 Å². The smallest absolute Gasteiger partial charge is 0.146 e. The summed E-state index contributed by atoms with van der Waals surface area (Å²) in [6.45, 7) is 0.698. The molecule has 1 N–H and O–H groups in total. The van der Waals surface area contributed by atoms with Crippen LogP contribution >= 0.6 is 11.6 Å². The van der Waals surface area contributed by atoms with Crippen molar-refractivity contribution in [1.29, 1.82) is 0 Å². The Morgan fingerprint density at radius 3 is 2.80 bits per heavy atom. The molecule has 3 nitrogen and oxygen atoms in total. The lowest BCUT2D eigenvalue weighted by Crippen LogP contribution is -2.36. The van der Waals surface area contributed by atoms with Gasteiger partial charge in [-0.05, 0) is 41.8 Å². The quantitative estimate of drug-likeness (QED) is 0.861. The number of hydrogen-bond acceptors (Lipinski definition) is 3. The Balaban J connectivity index is 2.06. The second kappa shape index (κ2) is 5.17. The van der Waals surface area contributed by atoms with Gasteiger partial charge in [0.25, 0.3) is 0 Å². The molecule has 0 fully saturated rings. The minimum Gasteiger partial charge on any atom is -0.508 e. The van der Waals surface area contributed by atoms with Gasteiger partial charge in [-0.3, -0.25) is 0 Å². The molecule has 1 unspecified atom stereocenters. The Bertz CT molecular complexity index is 657. The molecule has 0 bridgehead atoms. The number of nitrogens with zero attached hydrogens (tertiary/aromatic N) is 1. The molecule has 3 rings (SSSR count). The van der Waals surface area contributed by atoms with E-state index in [-0.39, 0.29) is 11.8 Å². The number of halogens is 1. The van der Waals surface area contributed by atoms with Crippen LogP contribution in [-0.2, 0) is 11.2 Å². The minimum absolute atomic E-state index is 0.236. The van der Waals surface area contributed by atoms with Crippen molar-refractivity contribution in [2.45, 2.75) is 12.5 Å². The molecule has 1 aliphatic heterocycles. The van der Waals surface area contributed by atoms with E-state index >= 15 is 0 Å². The Kier molecular flexibility index (Phi) is 3.36. The normalized spacial score (nSPS) is 17.6. The number of phenolic OH excluding ortho intramolecular Hbond substituents is 1. The predicted octanol–water partition coefficient (Wildman–Crippen LogP) is 3.35.